The van der Waals surface area contributed by atoms with Gasteiger partial charge in [-0.15, -0.1) is 0 Å². The van der Waals surface area contributed by atoms with Gasteiger partial charge >= 0.3 is 0 Å². The molecule has 0 aliphatic rings. The van der Waals surface area contributed by atoms with E-state index in [2.05, 4.69) is 5.32 Å². The van der Waals surface area contributed by atoms with Crippen molar-refractivity contribution in [2.24, 2.45) is 0 Å². The number of halogens is 2. The molecule has 0 saturated heterocycles. The van der Waals surface area contributed by atoms with Crippen molar-refractivity contribution in [3.8, 4) is 5.75 Å². The largest absolute Gasteiger partial charge is 0.497 e. The van der Waals surface area contributed by atoms with Gasteiger partial charge in [-0.1, -0.05) is 35.3 Å². The molecule has 0 aromatic heterocycles. The monoisotopic (exact) mass is 492 g/mol. The Bertz CT molecular complexity index is 1210. The predicted octanol–water partition coefficient (Wildman–Crippen LogP) is 5.32. The van der Waals surface area contributed by atoms with Gasteiger partial charge in [-0.25, -0.2) is 8.42 Å². The van der Waals surface area contributed by atoms with Crippen molar-refractivity contribution in [3.63, 3.8) is 0 Å². The molecule has 0 radical (unpaired) electrons. The molecular weight excluding hydrogens is 471 g/mol. The van der Waals surface area contributed by atoms with Crippen molar-refractivity contribution in [2.75, 3.05) is 18.5 Å². The van der Waals surface area contributed by atoms with Crippen LogP contribution in [0.5, 0.6) is 5.75 Å². The quantitative estimate of drug-likeness (QED) is 0.484. The number of carbonyl (C=O) groups excluding carboxylic acids is 1. The third kappa shape index (κ3) is 5.18. The highest BCUT2D eigenvalue weighted by molar-refractivity contribution is 7.92. The number of carbonyl (C=O) groups is 1. The zero-order chi connectivity index (χ0) is 23.5. The second-order valence-electron chi connectivity index (χ2n) is 7.06. The molecule has 1 amide bonds. The molecule has 0 aliphatic carbocycles. The number of anilines is 1. The summed E-state index contributed by atoms with van der Waals surface area (Å²) in [6.45, 7) is 1.81. The van der Waals surface area contributed by atoms with Crippen molar-refractivity contribution in [1.29, 1.82) is 0 Å². The van der Waals surface area contributed by atoms with Gasteiger partial charge in [0.2, 0.25) is 0 Å². The summed E-state index contributed by atoms with van der Waals surface area (Å²) in [7, 11) is -0.961. The van der Waals surface area contributed by atoms with Crippen LogP contribution >= 0.6 is 23.2 Å². The Morgan fingerprint density at radius 3 is 2.22 bits per heavy atom. The molecule has 3 aromatic rings. The zero-order valence-corrected chi connectivity index (χ0v) is 20.0. The molecular formula is C23H22Cl2N2O4S. The third-order valence-corrected chi connectivity index (χ3v) is 7.36. The normalized spacial score (nSPS) is 12.2. The van der Waals surface area contributed by atoms with Crippen molar-refractivity contribution in [1.82, 2.24) is 5.32 Å². The maximum Gasteiger partial charge on any atom is 0.264 e. The lowest BCUT2D eigenvalue weighted by atomic mass is 10.1. The van der Waals surface area contributed by atoms with Crippen LogP contribution in [-0.4, -0.2) is 28.5 Å². The Hall–Kier alpha value is -2.74. The van der Waals surface area contributed by atoms with Crippen LogP contribution in [0.4, 0.5) is 5.69 Å². The first-order chi connectivity index (χ1) is 15.1. The predicted molar refractivity (Wildman–Crippen MR) is 127 cm³/mol. The van der Waals surface area contributed by atoms with Crippen LogP contribution in [-0.2, 0) is 10.0 Å². The summed E-state index contributed by atoms with van der Waals surface area (Å²) in [6, 6.07) is 17.4. The summed E-state index contributed by atoms with van der Waals surface area (Å²) in [5.74, 6) is 0.126. The van der Waals surface area contributed by atoms with E-state index in [0.717, 1.165) is 9.87 Å². The van der Waals surface area contributed by atoms with Crippen LogP contribution in [0.3, 0.4) is 0 Å². The smallest absolute Gasteiger partial charge is 0.264 e. The lowest BCUT2D eigenvalue weighted by molar-refractivity contribution is 0.0940. The molecule has 0 aliphatic heterocycles. The van der Waals surface area contributed by atoms with Crippen molar-refractivity contribution >= 4 is 44.8 Å². The minimum absolute atomic E-state index is 0.0514. The summed E-state index contributed by atoms with van der Waals surface area (Å²) in [4.78, 5) is 12.8. The van der Waals surface area contributed by atoms with Gasteiger partial charge in [0.15, 0.2) is 0 Å². The van der Waals surface area contributed by atoms with Crippen LogP contribution in [0, 0.1) is 0 Å². The first-order valence-corrected chi connectivity index (χ1v) is 11.8. The van der Waals surface area contributed by atoms with E-state index in [0.29, 0.717) is 16.5 Å². The van der Waals surface area contributed by atoms with Crippen molar-refractivity contribution < 1.29 is 17.9 Å². The topological polar surface area (TPSA) is 75.7 Å². The van der Waals surface area contributed by atoms with E-state index in [1.807, 2.05) is 6.92 Å². The summed E-state index contributed by atoms with van der Waals surface area (Å²) in [6.07, 6.45) is 0. The molecule has 1 atom stereocenters. The van der Waals surface area contributed by atoms with E-state index in [4.69, 9.17) is 27.9 Å². The van der Waals surface area contributed by atoms with Crippen LogP contribution in [0.1, 0.15) is 28.9 Å². The maximum atomic E-state index is 13.2. The summed E-state index contributed by atoms with van der Waals surface area (Å²) >= 11 is 12.1. The van der Waals surface area contributed by atoms with Gasteiger partial charge in [-0.05, 0) is 67.1 Å². The highest BCUT2D eigenvalue weighted by atomic mass is 35.5. The van der Waals surface area contributed by atoms with Crippen LogP contribution in [0.25, 0.3) is 0 Å². The second kappa shape index (κ2) is 9.81. The molecule has 168 valence electrons. The highest BCUT2D eigenvalue weighted by Crippen LogP contribution is 2.27. The van der Waals surface area contributed by atoms with Crippen molar-refractivity contribution in [3.05, 3.63) is 87.9 Å². The van der Waals surface area contributed by atoms with Gasteiger partial charge in [-0.3, -0.25) is 9.10 Å². The van der Waals surface area contributed by atoms with E-state index in [-0.39, 0.29) is 21.5 Å². The molecule has 0 saturated carbocycles. The fraction of sp³-hybridized carbons (Fsp3) is 0.174. The second-order valence-corrected chi connectivity index (χ2v) is 9.87. The number of hydrogen-bond acceptors (Lipinski definition) is 4. The van der Waals surface area contributed by atoms with Gasteiger partial charge in [0.05, 0.1) is 34.3 Å². The van der Waals surface area contributed by atoms with Gasteiger partial charge in [-0.2, -0.15) is 0 Å². The van der Waals surface area contributed by atoms with E-state index in [1.165, 1.54) is 32.4 Å². The van der Waals surface area contributed by atoms with Gasteiger partial charge in [0, 0.05) is 12.1 Å². The van der Waals surface area contributed by atoms with Crippen LogP contribution < -0.4 is 14.4 Å². The van der Waals surface area contributed by atoms with Crippen LogP contribution in [0.15, 0.2) is 71.6 Å². The number of hydrogen-bond donors (Lipinski definition) is 1. The number of nitrogens with one attached hydrogen (secondary N) is 1. The number of amides is 1. The molecule has 0 bridgehead atoms. The van der Waals surface area contributed by atoms with E-state index in [1.54, 1.807) is 48.5 Å². The maximum absolute atomic E-state index is 13.2. The molecule has 3 rings (SSSR count). The van der Waals surface area contributed by atoms with Gasteiger partial charge in [0.1, 0.15) is 5.75 Å². The summed E-state index contributed by atoms with van der Waals surface area (Å²) in [5, 5.41) is 3.58. The summed E-state index contributed by atoms with van der Waals surface area (Å²) < 4.78 is 32.6. The fourth-order valence-corrected chi connectivity index (χ4v) is 4.59. The number of rotatable bonds is 7. The summed E-state index contributed by atoms with van der Waals surface area (Å²) in [5.41, 5.74) is 1.36. The van der Waals surface area contributed by atoms with E-state index < -0.39 is 15.9 Å². The SMILES string of the molecule is COc1ccc(N(C)S(=O)(=O)c2ccc(Cl)c(C(=O)NC(C)c3ccc(Cl)cc3)c2)cc1. The van der Waals surface area contributed by atoms with Gasteiger partial charge < -0.3 is 10.1 Å². The van der Waals surface area contributed by atoms with E-state index in [9.17, 15) is 13.2 Å². The van der Waals surface area contributed by atoms with Crippen LogP contribution in [0.2, 0.25) is 10.0 Å². The fourth-order valence-electron chi connectivity index (χ4n) is 3.04. The number of benzene rings is 3. The number of sulfonamides is 1. The minimum Gasteiger partial charge on any atom is -0.497 e. The Morgan fingerprint density at radius 1 is 1.00 bits per heavy atom. The number of nitrogens with zero attached hydrogens (tertiary/aromatic N) is 1. The third-order valence-electron chi connectivity index (χ3n) is 4.99. The molecule has 32 heavy (non-hydrogen) atoms. The molecule has 1 unspecified atom stereocenters. The molecule has 0 spiro atoms. The zero-order valence-electron chi connectivity index (χ0n) is 17.7. The van der Waals surface area contributed by atoms with E-state index >= 15 is 0 Å². The Balaban J connectivity index is 1.86. The molecule has 3 aromatic carbocycles. The molecule has 9 heteroatoms. The number of ether oxygens (including phenoxy) is 1. The first-order valence-electron chi connectivity index (χ1n) is 9.62. The molecule has 0 fully saturated rings. The Morgan fingerprint density at radius 2 is 1.62 bits per heavy atom. The minimum atomic E-state index is -3.93. The molecule has 1 N–H and O–H groups in total. The lowest BCUT2D eigenvalue weighted by Gasteiger charge is -2.21. The van der Waals surface area contributed by atoms with Gasteiger partial charge in [0.25, 0.3) is 15.9 Å². The average Bonchev–Trinajstić information content (AvgIpc) is 2.79. The molecule has 0 heterocycles. The Labute approximate surface area is 197 Å². The molecule has 6 nitrogen and oxygen atoms in total. The first kappa shape index (κ1) is 23.9. The van der Waals surface area contributed by atoms with Crippen molar-refractivity contribution in [2.45, 2.75) is 17.9 Å². The standard InChI is InChI=1S/C23H22Cl2N2O4S/c1-15(16-4-6-17(24)7-5-16)26-23(28)21-14-20(12-13-22(21)25)32(29,30)27(2)18-8-10-19(31-3)11-9-18/h4-15H,1-3H3,(H,26,28). The highest BCUT2D eigenvalue weighted by Gasteiger charge is 2.24. The Kier molecular flexibility index (Phi) is 7.33. The lowest BCUT2D eigenvalue weighted by Crippen LogP contribution is -2.29. The number of methoxy groups -OCH3 is 1. The average molecular weight is 493 g/mol.